The van der Waals surface area contributed by atoms with Gasteiger partial charge in [0.1, 0.15) is 11.6 Å². The summed E-state index contributed by atoms with van der Waals surface area (Å²) in [6.45, 7) is 4.57. The van der Waals surface area contributed by atoms with Gasteiger partial charge in [0, 0.05) is 35.6 Å². The largest absolute Gasteiger partial charge is 0.493 e. The molecule has 0 unspecified atom stereocenters. The molecule has 2 aromatic heterocycles. The first-order chi connectivity index (χ1) is 18.0. The van der Waals surface area contributed by atoms with E-state index in [-0.39, 0.29) is 5.82 Å². The van der Waals surface area contributed by atoms with Crippen molar-refractivity contribution in [2.24, 2.45) is 11.8 Å². The van der Waals surface area contributed by atoms with Crippen LogP contribution in [0, 0.1) is 17.7 Å². The van der Waals surface area contributed by atoms with E-state index in [0.29, 0.717) is 11.8 Å². The number of aryl methyl sites for hydroxylation is 1. The van der Waals surface area contributed by atoms with Crippen molar-refractivity contribution in [2.45, 2.75) is 51.6 Å². The quantitative estimate of drug-likeness (QED) is 0.281. The number of likely N-dealkylation sites (tertiary alicyclic amines) is 1. The molecule has 6 rings (SSSR count). The van der Waals surface area contributed by atoms with E-state index >= 15 is 0 Å². The Hall–Kier alpha value is -2.90. The molecule has 4 aromatic rings. The predicted molar refractivity (Wildman–Crippen MR) is 144 cm³/mol. The molecule has 1 saturated heterocycles. The third-order valence-corrected chi connectivity index (χ3v) is 8.04. The van der Waals surface area contributed by atoms with Crippen LogP contribution in [0.15, 0.2) is 41.1 Å². The number of fused-ring (bicyclic) bond motifs is 2. The highest BCUT2D eigenvalue weighted by molar-refractivity contribution is 5.85. The molecule has 0 bridgehead atoms. The van der Waals surface area contributed by atoms with Crippen molar-refractivity contribution in [2.75, 3.05) is 33.8 Å². The Morgan fingerprint density at radius 2 is 1.92 bits per heavy atom. The average molecular weight is 505 g/mol. The van der Waals surface area contributed by atoms with E-state index in [1.165, 1.54) is 37.3 Å². The molecular formula is C30H37FN4O2. The zero-order valence-corrected chi connectivity index (χ0v) is 21.9. The van der Waals surface area contributed by atoms with Gasteiger partial charge < -0.3 is 19.1 Å². The van der Waals surface area contributed by atoms with Gasteiger partial charge in [-0.25, -0.2) is 4.39 Å². The molecule has 2 aromatic carbocycles. The number of halogens is 1. The van der Waals surface area contributed by atoms with Crippen LogP contribution in [0.1, 0.15) is 48.9 Å². The minimum Gasteiger partial charge on any atom is -0.493 e. The van der Waals surface area contributed by atoms with E-state index < -0.39 is 0 Å². The second kappa shape index (κ2) is 10.5. The Balaban J connectivity index is 1.07. The molecule has 1 aliphatic heterocycles. The van der Waals surface area contributed by atoms with E-state index in [1.54, 1.807) is 6.07 Å². The molecule has 1 aliphatic carbocycles. The second-order valence-corrected chi connectivity index (χ2v) is 11.3. The van der Waals surface area contributed by atoms with Gasteiger partial charge in [0.15, 0.2) is 5.58 Å². The first-order valence-electron chi connectivity index (χ1n) is 13.7. The molecule has 0 spiro atoms. The molecule has 2 aliphatic rings. The van der Waals surface area contributed by atoms with Gasteiger partial charge in [0.05, 0.1) is 17.9 Å². The lowest BCUT2D eigenvalue weighted by Crippen LogP contribution is -2.33. The summed E-state index contributed by atoms with van der Waals surface area (Å²) >= 11 is 0. The topological polar surface area (TPSA) is 57.5 Å². The molecular weight excluding hydrogens is 467 g/mol. The highest BCUT2D eigenvalue weighted by Gasteiger charge is 2.25. The number of ether oxygens (including phenoxy) is 1. The predicted octanol–water partition coefficient (Wildman–Crippen LogP) is 6.14. The Kier molecular flexibility index (Phi) is 6.91. The van der Waals surface area contributed by atoms with E-state index in [2.05, 4.69) is 46.2 Å². The molecule has 6 nitrogen and oxygen atoms in total. The van der Waals surface area contributed by atoms with E-state index in [0.717, 1.165) is 84.5 Å². The summed E-state index contributed by atoms with van der Waals surface area (Å²) in [7, 11) is 4.15. The number of rotatable bonds is 10. The van der Waals surface area contributed by atoms with Gasteiger partial charge in [-0.15, -0.1) is 0 Å². The molecule has 0 atom stereocenters. The van der Waals surface area contributed by atoms with Crippen LogP contribution in [0.2, 0.25) is 0 Å². The SMILES string of the molecule is CN(C)Cc1c(OCC2CC2)ccc2c(CCC3CCN(Cc4c[nH]c5ccc(F)cc45)CC3)noc12. The van der Waals surface area contributed by atoms with E-state index in [1.807, 2.05) is 12.3 Å². The van der Waals surface area contributed by atoms with Gasteiger partial charge in [0.2, 0.25) is 0 Å². The first kappa shape index (κ1) is 24.4. The van der Waals surface area contributed by atoms with Crippen LogP contribution in [0.4, 0.5) is 4.39 Å². The van der Waals surface area contributed by atoms with Crippen molar-refractivity contribution in [1.29, 1.82) is 0 Å². The number of aromatic amines is 1. The van der Waals surface area contributed by atoms with Gasteiger partial charge in [-0.1, -0.05) is 5.16 Å². The van der Waals surface area contributed by atoms with Gasteiger partial charge in [-0.2, -0.15) is 0 Å². The van der Waals surface area contributed by atoms with Gasteiger partial charge in [-0.05, 0) is 113 Å². The van der Waals surface area contributed by atoms with Crippen LogP contribution in [0.3, 0.4) is 0 Å². The third-order valence-electron chi connectivity index (χ3n) is 8.04. The minimum absolute atomic E-state index is 0.178. The van der Waals surface area contributed by atoms with Gasteiger partial charge >= 0.3 is 0 Å². The molecule has 3 heterocycles. The highest BCUT2D eigenvalue weighted by Crippen LogP contribution is 2.35. The van der Waals surface area contributed by atoms with Gasteiger partial charge in [-0.3, -0.25) is 4.90 Å². The first-order valence-corrected chi connectivity index (χ1v) is 13.7. The molecule has 196 valence electrons. The summed E-state index contributed by atoms with van der Waals surface area (Å²) < 4.78 is 25.8. The summed E-state index contributed by atoms with van der Waals surface area (Å²) in [5, 5.41) is 6.62. The Morgan fingerprint density at radius 3 is 2.70 bits per heavy atom. The maximum atomic E-state index is 13.7. The normalized spacial score (nSPS) is 17.4. The smallest absolute Gasteiger partial charge is 0.175 e. The number of benzene rings is 2. The Labute approximate surface area is 217 Å². The minimum atomic E-state index is -0.178. The molecule has 0 amide bonds. The fourth-order valence-electron chi connectivity index (χ4n) is 5.66. The number of hydrogen-bond donors (Lipinski definition) is 1. The zero-order valence-electron chi connectivity index (χ0n) is 21.9. The molecule has 0 radical (unpaired) electrons. The molecule has 7 heteroatoms. The lowest BCUT2D eigenvalue weighted by Gasteiger charge is -2.31. The van der Waals surface area contributed by atoms with Crippen molar-refractivity contribution >= 4 is 21.9 Å². The number of H-pyrrole nitrogens is 1. The summed E-state index contributed by atoms with van der Waals surface area (Å²) in [6.07, 6.45) is 8.99. The zero-order chi connectivity index (χ0) is 25.4. The maximum absolute atomic E-state index is 13.7. The standard InChI is InChI=1S/C30H37FN4O2/c1-34(2)18-26-29(36-19-21-3-4-21)10-7-24-28(33-37-30(24)26)8-5-20-11-13-35(14-12-20)17-22-16-32-27-9-6-23(31)15-25(22)27/h6-7,9-10,15-16,20-21,32H,3-5,8,11-14,17-19H2,1-2H3. The lowest BCUT2D eigenvalue weighted by atomic mass is 9.91. The Bertz CT molecular complexity index is 1360. The number of nitrogens with one attached hydrogen (secondary N) is 1. The summed E-state index contributed by atoms with van der Waals surface area (Å²) in [5.41, 5.74) is 5.22. The summed E-state index contributed by atoms with van der Waals surface area (Å²) in [5.74, 6) is 2.15. The van der Waals surface area contributed by atoms with E-state index in [4.69, 9.17) is 9.26 Å². The maximum Gasteiger partial charge on any atom is 0.175 e. The second-order valence-electron chi connectivity index (χ2n) is 11.3. The van der Waals surface area contributed by atoms with Crippen LogP contribution in [0.5, 0.6) is 5.75 Å². The number of aromatic nitrogens is 2. The molecule has 2 fully saturated rings. The van der Waals surface area contributed by atoms with Crippen molar-refractivity contribution in [1.82, 2.24) is 19.9 Å². The van der Waals surface area contributed by atoms with Crippen LogP contribution in [-0.2, 0) is 19.5 Å². The average Bonchev–Trinajstić information content (AvgIpc) is 3.51. The highest BCUT2D eigenvalue weighted by atomic mass is 19.1. The van der Waals surface area contributed by atoms with Crippen LogP contribution >= 0.6 is 0 Å². The molecule has 37 heavy (non-hydrogen) atoms. The van der Waals surface area contributed by atoms with Crippen LogP contribution < -0.4 is 4.74 Å². The fourth-order valence-corrected chi connectivity index (χ4v) is 5.66. The number of nitrogens with zero attached hydrogens (tertiary/aromatic N) is 3. The van der Waals surface area contributed by atoms with Crippen molar-refractivity contribution in [3.05, 3.63) is 59.2 Å². The number of hydrogen-bond acceptors (Lipinski definition) is 5. The fraction of sp³-hybridized carbons (Fsp3) is 0.500. The van der Waals surface area contributed by atoms with Gasteiger partial charge in [0.25, 0.3) is 0 Å². The van der Waals surface area contributed by atoms with Crippen LogP contribution in [0.25, 0.3) is 21.9 Å². The van der Waals surface area contributed by atoms with Crippen molar-refractivity contribution in [3.63, 3.8) is 0 Å². The monoisotopic (exact) mass is 504 g/mol. The Morgan fingerprint density at radius 1 is 1.08 bits per heavy atom. The summed E-state index contributed by atoms with van der Waals surface area (Å²) in [4.78, 5) is 7.92. The lowest BCUT2D eigenvalue weighted by molar-refractivity contribution is 0.172. The van der Waals surface area contributed by atoms with Crippen molar-refractivity contribution < 1.29 is 13.7 Å². The van der Waals surface area contributed by atoms with Crippen LogP contribution in [-0.4, -0.2) is 53.7 Å². The number of piperidine rings is 1. The molecule has 1 saturated carbocycles. The molecule has 1 N–H and O–H groups in total. The van der Waals surface area contributed by atoms with Crippen molar-refractivity contribution in [3.8, 4) is 5.75 Å². The third kappa shape index (κ3) is 5.53. The van der Waals surface area contributed by atoms with E-state index in [9.17, 15) is 4.39 Å². The summed E-state index contributed by atoms with van der Waals surface area (Å²) in [6, 6.07) is 9.22.